The first-order valence-corrected chi connectivity index (χ1v) is 8.10. The van der Waals surface area contributed by atoms with Crippen LogP contribution in [0.25, 0.3) is 0 Å². The molecule has 25 heavy (non-hydrogen) atoms. The number of benzene rings is 2. The van der Waals surface area contributed by atoms with Gasteiger partial charge in [0.25, 0.3) is 5.91 Å². The van der Waals surface area contributed by atoms with Crippen LogP contribution in [-0.2, 0) is 6.54 Å². The van der Waals surface area contributed by atoms with Crippen LogP contribution in [-0.4, -0.2) is 15.7 Å². The SMILES string of the molecule is N#Cc1cccc(C(=O)Nc2ccnn2Cc2cccc(Cl)c2Cl)c1. The highest BCUT2D eigenvalue weighted by Crippen LogP contribution is 2.26. The second-order valence-corrected chi connectivity index (χ2v) is 6.02. The van der Waals surface area contributed by atoms with E-state index in [1.807, 2.05) is 12.1 Å². The number of nitrogens with zero attached hydrogens (tertiary/aromatic N) is 3. The molecule has 1 amide bonds. The molecule has 0 radical (unpaired) electrons. The van der Waals surface area contributed by atoms with Crippen LogP contribution in [0.5, 0.6) is 0 Å². The molecule has 124 valence electrons. The molecule has 0 unspecified atom stereocenters. The Balaban J connectivity index is 1.81. The first kappa shape index (κ1) is 17.0. The molecule has 0 spiro atoms. The highest BCUT2D eigenvalue weighted by molar-refractivity contribution is 6.42. The van der Waals surface area contributed by atoms with Crippen LogP contribution in [0.4, 0.5) is 5.82 Å². The van der Waals surface area contributed by atoms with Crippen LogP contribution in [0, 0.1) is 11.3 Å². The number of halogens is 2. The number of carbonyl (C=O) groups excluding carboxylic acids is 1. The standard InChI is InChI=1S/C18H12Cl2N4O/c19-15-6-2-5-14(17(15)20)11-24-16(7-8-22-24)23-18(25)13-4-1-3-12(9-13)10-21/h1-9H,11H2,(H,23,25). The Hall–Kier alpha value is -2.81. The highest BCUT2D eigenvalue weighted by atomic mass is 35.5. The molecule has 3 aromatic rings. The van der Waals surface area contributed by atoms with Gasteiger partial charge >= 0.3 is 0 Å². The molecular formula is C18H12Cl2N4O. The summed E-state index contributed by atoms with van der Waals surface area (Å²) in [7, 11) is 0. The lowest BCUT2D eigenvalue weighted by Crippen LogP contribution is -2.16. The minimum Gasteiger partial charge on any atom is -0.307 e. The van der Waals surface area contributed by atoms with Gasteiger partial charge in [0.05, 0.1) is 34.4 Å². The maximum absolute atomic E-state index is 12.4. The van der Waals surface area contributed by atoms with E-state index >= 15 is 0 Å². The van der Waals surface area contributed by atoms with E-state index in [2.05, 4.69) is 10.4 Å². The Morgan fingerprint density at radius 2 is 2.00 bits per heavy atom. The quantitative estimate of drug-likeness (QED) is 0.741. The molecule has 0 saturated carbocycles. The highest BCUT2D eigenvalue weighted by Gasteiger charge is 2.12. The smallest absolute Gasteiger partial charge is 0.256 e. The van der Waals surface area contributed by atoms with Crippen LogP contribution >= 0.6 is 23.2 Å². The number of anilines is 1. The third-order valence-electron chi connectivity index (χ3n) is 3.56. The summed E-state index contributed by atoms with van der Waals surface area (Å²) < 4.78 is 1.61. The summed E-state index contributed by atoms with van der Waals surface area (Å²) >= 11 is 12.2. The summed E-state index contributed by atoms with van der Waals surface area (Å²) in [5.74, 6) is 0.194. The van der Waals surface area contributed by atoms with Crippen molar-refractivity contribution in [2.24, 2.45) is 0 Å². The molecule has 0 aliphatic rings. The fraction of sp³-hybridized carbons (Fsp3) is 0.0556. The normalized spacial score (nSPS) is 10.3. The van der Waals surface area contributed by atoms with Gasteiger partial charge in [-0.1, -0.05) is 41.4 Å². The van der Waals surface area contributed by atoms with E-state index in [0.29, 0.717) is 33.5 Å². The van der Waals surface area contributed by atoms with Gasteiger partial charge < -0.3 is 5.32 Å². The van der Waals surface area contributed by atoms with Crippen molar-refractivity contribution in [3.63, 3.8) is 0 Å². The topological polar surface area (TPSA) is 70.7 Å². The second-order valence-electron chi connectivity index (χ2n) is 5.23. The molecule has 0 bridgehead atoms. The van der Waals surface area contributed by atoms with E-state index in [1.54, 1.807) is 47.3 Å². The summed E-state index contributed by atoms with van der Waals surface area (Å²) in [5, 5.41) is 16.9. The third kappa shape index (κ3) is 3.82. The van der Waals surface area contributed by atoms with Gasteiger partial charge in [0, 0.05) is 11.6 Å². The summed E-state index contributed by atoms with van der Waals surface area (Å²) in [4.78, 5) is 12.4. The molecule has 0 aliphatic heterocycles. The largest absolute Gasteiger partial charge is 0.307 e. The molecule has 0 atom stereocenters. The minimum absolute atomic E-state index is 0.323. The molecule has 0 saturated heterocycles. The number of nitriles is 1. The van der Waals surface area contributed by atoms with Gasteiger partial charge in [-0.3, -0.25) is 4.79 Å². The predicted octanol–water partition coefficient (Wildman–Crippen LogP) is 4.36. The fourth-order valence-corrected chi connectivity index (χ4v) is 2.70. The van der Waals surface area contributed by atoms with Gasteiger partial charge in [0.1, 0.15) is 5.82 Å². The molecule has 0 aliphatic carbocycles. The Morgan fingerprint density at radius 3 is 2.80 bits per heavy atom. The zero-order chi connectivity index (χ0) is 17.8. The number of hydrogen-bond donors (Lipinski definition) is 1. The van der Waals surface area contributed by atoms with Crippen molar-refractivity contribution in [2.75, 3.05) is 5.32 Å². The molecule has 1 heterocycles. The first-order valence-electron chi connectivity index (χ1n) is 7.34. The van der Waals surface area contributed by atoms with Crippen molar-refractivity contribution in [1.29, 1.82) is 5.26 Å². The summed E-state index contributed by atoms with van der Waals surface area (Å²) in [6.07, 6.45) is 1.58. The van der Waals surface area contributed by atoms with Gasteiger partial charge in [-0.15, -0.1) is 0 Å². The zero-order valence-corrected chi connectivity index (χ0v) is 14.4. The van der Waals surface area contributed by atoms with Crippen LogP contribution < -0.4 is 5.32 Å². The number of carbonyl (C=O) groups is 1. The Morgan fingerprint density at radius 1 is 1.20 bits per heavy atom. The monoisotopic (exact) mass is 370 g/mol. The lowest BCUT2D eigenvalue weighted by molar-refractivity contribution is 0.102. The summed E-state index contributed by atoms with van der Waals surface area (Å²) in [5.41, 5.74) is 1.61. The average molecular weight is 371 g/mol. The minimum atomic E-state index is -0.323. The zero-order valence-electron chi connectivity index (χ0n) is 12.9. The van der Waals surface area contributed by atoms with E-state index in [-0.39, 0.29) is 5.91 Å². The summed E-state index contributed by atoms with van der Waals surface area (Å²) in [6.45, 7) is 0.361. The van der Waals surface area contributed by atoms with E-state index in [4.69, 9.17) is 28.5 Å². The van der Waals surface area contributed by atoms with Crippen LogP contribution in [0.15, 0.2) is 54.7 Å². The lowest BCUT2D eigenvalue weighted by atomic mass is 10.1. The van der Waals surface area contributed by atoms with Crippen LogP contribution in [0.1, 0.15) is 21.5 Å². The maximum atomic E-state index is 12.4. The Labute approximate surface area is 154 Å². The molecule has 2 aromatic carbocycles. The van der Waals surface area contributed by atoms with Crippen molar-refractivity contribution >= 4 is 34.9 Å². The van der Waals surface area contributed by atoms with Crippen molar-refractivity contribution in [3.8, 4) is 6.07 Å². The van der Waals surface area contributed by atoms with E-state index in [9.17, 15) is 4.79 Å². The number of amides is 1. The average Bonchev–Trinajstić information content (AvgIpc) is 3.05. The number of aromatic nitrogens is 2. The van der Waals surface area contributed by atoms with Crippen molar-refractivity contribution in [1.82, 2.24) is 9.78 Å². The van der Waals surface area contributed by atoms with Gasteiger partial charge in [-0.25, -0.2) is 4.68 Å². The van der Waals surface area contributed by atoms with E-state index in [0.717, 1.165) is 5.56 Å². The van der Waals surface area contributed by atoms with E-state index < -0.39 is 0 Å². The van der Waals surface area contributed by atoms with Crippen molar-refractivity contribution in [3.05, 3.63) is 81.5 Å². The Kier molecular flexibility index (Phi) is 5.03. The number of hydrogen-bond acceptors (Lipinski definition) is 3. The van der Waals surface area contributed by atoms with Gasteiger partial charge in [-0.05, 0) is 29.8 Å². The Bertz CT molecular complexity index is 975. The number of rotatable bonds is 4. The molecule has 5 nitrogen and oxygen atoms in total. The van der Waals surface area contributed by atoms with Crippen molar-refractivity contribution in [2.45, 2.75) is 6.54 Å². The molecule has 0 fully saturated rings. The van der Waals surface area contributed by atoms with Gasteiger partial charge in [0.2, 0.25) is 0 Å². The second kappa shape index (κ2) is 7.39. The molecule has 3 rings (SSSR count). The van der Waals surface area contributed by atoms with E-state index in [1.165, 1.54) is 6.07 Å². The lowest BCUT2D eigenvalue weighted by Gasteiger charge is -2.11. The molecule has 7 heteroatoms. The van der Waals surface area contributed by atoms with Crippen LogP contribution in [0.2, 0.25) is 10.0 Å². The maximum Gasteiger partial charge on any atom is 0.256 e. The van der Waals surface area contributed by atoms with Crippen LogP contribution in [0.3, 0.4) is 0 Å². The molecule has 1 aromatic heterocycles. The predicted molar refractivity (Wildman–Crippen MR) is 96.9 cm³/mol. The fourth-order valence-electron chi connectivity index (χ4n) is 2.32. The third-order valence-corrected chi connectivity index (χ3v) is 4.42. The molecule has 1 N–H and O–H groups in total. The summed E-state index contributed by atoms with van der Waals surface area (Å²) in [6, 6.07) is 15.5. The van der Waals surface area contributed by atoms with Gasteiger partial charge in [0.15, 0.2) is 0 Å². The van der Waals surface area contributed by atoms with Crippen molar-refractivity contribution < 1.29 is 4.79 Å². The first-order chi connectivity index (χ1) is 12.1. The number of nitrogens with one attached hydrogen (secondary N) is 1. The molecular weight excluding hydrogens is 359 g/mol. The van der Waals surface area contributed by atoms with Gasteiger partial charge in [-0.2, -0.15) is 10.4 Å².